The van der Waals surface area contributed by atoms with Gasteiger partial charge in [0.1, 0.15) is 18.1 Å². The number of alkyl halides is 2. The zero-order chi connectivity index (χ0) is 58.2. The van der Waals surface area contributed by atoms with Crippen LogP contribution in [0.15, 0.2) is 84.9 Å². The van der Waals surface area contributed by atoms with Crippen LogP contribution in [0.25, 0.3) is 10.8 Å². The van der Waals surface area contributed by atoms with Crippen LogP contribution in [0.5, 0.6) is 0 Å². The number of likely N-dealkylation sites (tertiary alicyclic amines) is 2. The number of amides is 8. The van der Waals surface area contributed by atoms with Crippen molar-refractivity contribution in [3.05, 3.63) is 118 Å². The maximum Gasteiger partial charge on any atom is 0.399 e. The zero-order valence-electron chi connectivity index (χ0n) is 44.9. The van der Waals surface area contributed by atoms with Crippen LogP contribution in [-0.2, 0) is 50.3 Å². The van der Waals surface area contributed by atoms with Gasteiger partial charge in [-0.2, -0.15) is 8.78 Å². The van der Waals surface area contributed by atoms with Crippen LogP contribution >= 0.6 is 7.60 Å². The standard InChI is InChI=1S/C59H66F2N7O12P/c1-2-3-17-47(64-53(72)40-20-19-37-21-22-42(33-41(37)32-40)59(60,61)81(78,79)80)58(77)67-29-10-18-48(67)54(73)63-46(23-25-51(62)70)50(69)34-44(38-12-5-4-6-13-38)56(75)66-30-27-36(28-31-66)11-7-8-14-39-15-9-16-43-45(39)35-68(57(43)76)49-24-26-52(71)65-55(49)74/h4-6,9,12-13,15-16,19-22,32-33,36,44,46-49H,2-3,7,10-11,17-18,23-31,34-35H2,1H3,(H2,62,70)(H,63,73)(H,64,72)(H,65,71,74)(H2,78,79,80)/t44-,46-,47-,48-,49?/m0/s1. The third-order valence-corrected chi connectivity index (χ3v) is 16.8. The number of unbranched alkanes of at least 4 members (excludes halogenated alkanes) is 1. The van der Waals surface area contributed by atoms with Crippen LogP contribution in [0.4, 0.5) is 8.78 Å². The van der Waals surface area contributed by atoms with Gasteiger partial charge in [0.15, 0.2) is 5.78 Å². The first-order chi connectivity index (χ1) is 38.6. The lowest BCUT2D eigenvalue weighted by Crippen LogP contribution is -2.55. The molecule has 428 valence electrons. The second-order valence-corrected chi connectivity index (χ2v) is 22.9. The number of rotatable bonds is 21. The van der Waals surface area contributed by atoms with Gasteiger partial charge in [0, 0.05) is 74.1 Å². The fraction of sp³-hybridized carbons (Fsp3) is 0.441. The van der Waals surface area contributed by atoms with Gasteiger partial charge in [-0.25, -0.2) is 0 Å². The lowest BCUT2D eigenvalue weighted by Gasteiger charge is -2.34. The van der Waals surface area contributed by atoms with E-state index in [9.17, 15) is 66.3 Å². The van der Waals surface area contributed by atoms with Gasteiger partial charge in [0.2, 0.25) is 35.4 Å². The predicted molar refractivity (Wildman–Crippen MR) is 292 cm³/mol. The van der Waals surface area contributed by atoms with Crippen molar-refractivity contribution in [1.82, 2.24) is 30.7 Å². The van der Waals surface area contributed by atoms with Crippen LogP contribution in [0, 0.1) is 17.8 Å². The molecule has 0 bridgehead atoms. The van der Waals surface area contributed by atoms with Gasteiger partial charge in [-0.15, -0.1) is 0 Å². The average Bonchev–Trinajstić information content (AvgIpc) is 4.32. The Kier molecular flexibility index (Phi) is 19.0. The number of carbonyl (C=O) groups is 9. The lowest BCUT2D eigenvalue weighted by atomic mass is 9.87. The highest BCUT2D eigenvalue weighted by Crippen LogP contribution is 2.59. The molecule has 0 radical (unpaired) electrons. The molecule has 19 nitrogen and oxygen atoms in total. The number of nitrogens with zero attached hydrogens (tertiary/aromatic N) is 3. The minimum atomic E-state index is -5.88. The van der Waals surface area contributed by atoms with Gasteiger partial charge in [-0.3, -0.25) is 53.0 Å². The summed E-state index contributed by atoms with van der Waals surface area (Å²) >= 11 is 0. The number of nitrogens with two attached hydrogens (primary N) is 1. The highest BCUT2D eigenvalue weighted by Gasteiger charge is 2.50. The number of piperidine rings is 2. The molecule has 4 aromatic rings. The normalized spacial score (nSPS) is 18.8. The number of ketones is 1. The van der Waals surface area contributed by atoms with Crippen molar-refractivity contribution in [3.63, 3.8) is 0 Å². The monoisotopic (exact) mass is 1130 g/mol. The summed E-state index contributed by atoms with van der Waals surface area (Å²) in [6.45, 7) is 3.11. The van der Waals surface area contributed by atoms with Gasteiger partial charge in [-0.1, -0.05) is 86.2 Å². The first-order valence-corrected chi connectivity index (χ1v) is 29.1. The lowest BCUT2D eigenvalue weighted by molar-refractivity contribution is -0.141. The van der Waals surface area contributed by atoms with E-state index < -0.39 is 84.2 Å². The summed E-state index contributed by atoms with van der Waals surface area (Å²) in [7, 11) is -5.88. The number of hydrogen-bond acceptors (Lipinski definition) is 10. The second kappa shape index (κ2) is 25.9. The molecule has 81 heavy (non-hydrogen) atoms. The largest absolute Gasteiger partial charge is 0.399 e. The minimum absolute atomic E-state index is 0.0210. The van der Waals surface area contributed by atoms with Crippen molar-refractivity contribution in [2.75, 3.05) is 19.6 Å². The predicted octanol–water partition coefficient (Wildman–Crippen LogP) is 5.67. The topological polar surface area (TPSA) is 283 Å². The fourth-order valence-electron chi connectivity index (χ4n) is 11.2. The highest BCUT2D eigenvalue weighted by molar-refractivity contribution is 7.52. The summed E-state index contributed by atoms with van der Waals surface area (Å²) < 4.78 is 40.8. The molecule has 3 saturated heterocycles. The van der Waals surface area contributed by atoms with Crippen LogP contribution < -0.4 is 21.7 Å². The number of fused-ring (bicyclic) bond motifs is 2. The Hall–Kier alpha value is -7.66. The van der Waals surface area contributed by atoms with E-state index in [1.165, 1.54) is 34.1 Å². The van der Waals surface area contributed by atoms with Gasteiger partial charge >= 0.3 is 13.3 Å². The van der Waals surface area contributed by atoms with Crippen molar-refractivity contribution in [1.29, 1.82) is 0 Å². The SMILES string of the molecule is CCCC[C@H](NC(=O)c1ccc2ccc(C(F)(F)P(=O)(O)O)cc2c1)C(=O)N1CCC[C@H]1C(=O)N[C@@H](CCC(N)=O)C(=O)C[C@H](C(=O)N1CCC(CCC#Cc2cccc3c2CN(C2CCC(=O)NC2=O)C3=O)CC1)c1ccccc1. The first kappa shape index (κ1) is 59.5. The molecule has 0 aliphatic carbocycles. The molecule has 0 spiro atoms. The number of nitrogens with one attached hydrogen (secondary N) is 3. The van der Waals surface area contributed by atoms with Crippen LogP contribution in [0.1, 0.15) is 146 Å². The minimum Gasteiger partial charge on any atom is -0.370 e. The molecule has 4 aromatic carbocycles. The Bertz CT molecular complexity index is 3230. The fourth-order valence-corrected chi connectivity index (χ4v) is 11.7. The summed E-state index contributed by atoms with van der Waals surface area (Å²) in [4.78, 5) is 144. The van der Waals surface area contributed by atoms with Crippen molar-refractivity contribution >= 4 is 71.4 Å². The molecular weight excluding hydrogens is 1070 g/mol. The molecule has 4 aliphatic heterocycles. The molecule has 8 amide bonds. The van der Waals surface area contributed by atoms with Crippen LogP contribution in [0.3, 0.4) is 0 Å². The number of primary amides is 1. The smallest absolute Gasteiger partial charge is 0.370 e. The van der Waals surface area contributed by atoms with E-state index >= 15 is 0 Å². The molecule has 3 fully saturated rings. The summed E-state index contributed by atoms with van der Waals surface area (Å²) in [5.74, 6) is 1.21. The maximum atomic E-state index is 14.6. The third kappa shape index (κ3) is 13.9. The van der Waals surface area contributed by atoms with E-state index in [0.29, 0.717) is 73.7 Å². The Morgan fingerprint density at radius 2 is 1.59 bits per heavy atom. The Labute approximate surface area is 467 Å². The average molecular weight is 1130 g/mol. The molecule has 0 aromatic heterocycles. The van der Waals surface area contributed by atoms with Crippen molar-refractivity contribution in [2.24, 2.45) is 11.7 Å². The van der Waals surface area contributed by atoms with Gasteiger partial charge < -0.3 is 40.9 Å². The maximum absolute atomic E-state index is 14.6. The summed E-state index contributed by atoms with van der Waals surface area (Å²) in [6, 6.07) is 17.1. The third-order valence-electron chi connectivity index (χ3n) is 15.8. The quantitative estimate of drug-likeness (QED) is 0.0334. The van der Waals surface area contributed by atoms with Gasteiger partial charge in [0.25, 0.3) is 11.8 Å². The molecule has 7 N–H and O–H groups in total. The van der Waals surface area contributed by atoms with Crippen LogP contribution in [-0.4, -0.2) is 121 Å². The van der Waals surface area contributed by atoms with E-state index in [-0.39, 0.29) is 92.6 Å². The Morgan fingerprint density at radius 3 is 2.30 bits per heavy atom. The van der Waals surface area contributed by atoms with E-state index in [1.807, 2.05) is 13.0 Å². The summed E-state index contributed by atoms with van der Waals surface area (Å²) in [5.41, 5.74) is 2.61. The molecule has 1 unspecified atom stereocenters. The molecule has 22 heteroatoms. The van der Waals surface area contributed by atoms with E-state index in [4.69, 9.17) is 5.73 Å². The Balaban J connectivity index is 0.891. The molecule has 8 rings (SSSR count). The number of benzene rings is 4. The molecule has 4 aliphatic rings. The van der Waals surface area contributed by atoms with E-state index in [2.05, 4.69) is 27.8 Å². The molecule has 0 saturated carbocycles. The van der Waals surface area contributed by atoms with E-state index in [0.717, 1.165) is 24.1 Å². The first-order valence-electron chi connectivity index (χ1n) is 27.4. The van der Waals surface area contributed by atoms with E-state index in [1.54, 1.807) is 47.4 Å². The zero-order valence-corrected chi connectivity index (χ0v) is 45.8. The van der Waals surface area contributed by atoms with Crippen molar-refractivity contribution < 1.29 is 66.3 Å². The van der Waals surface area contributed by atoms with Crippen LogP contribution in [0.2, 0.25) is 0 Å². The number of hydrogen-bond donors (Lipinski definition) is 6. The van der Waals surface area contributed by atoms with Gasteiger partial charge in [-0.05, 0) is 110 Å². The summed E-state index contributed by atoms with van der Waals surface area (Å²) in [6.07, 6.45) is 4.30. The molecule has 4 heterocycles. The highest BCUT2D eigenvalue weighted by atomic mass is 31.2. The van der Waals surface area contributed by atoms with Crippen molar-refractivity contribution in [3.8, 4) is 11.8 Å². The second-order valence-electron chi connectivity index (χ2n) is 21.3. The number of halogens is 2. The Morgan fingerprint density at radius 1 is 0.852 bits per heavy atom. The number of Topliss-reactive ketones (excluding diaryl/α,β-unsaturated/α-hetero) is 1. The number of imide groups is 1. The molecule has 5 atom stereocenters. The van der Waals surface area contributed by atoms with Gasteiger partial charge in [0.05, 0.1) is 12.0 Å². The summed E-state index contributed by atoms with van der Waals surface area (Å²) in [5, 5.41) is 8.34. The number of carbonyl (C=O) groups excluding carboxylic acids is 9. The molecular formula is C59H66F2N7O12P. The van der Waals surface area contributed by atoms with Crippen molar-refractivity contribution in [2.45, 2.75) is 139 Å².